The molecular formula is C15H22BrNS. The normalized spacial score (nSPS) is 18.2. The Kier molecular flexibility index (Phi) is 5.58. The molecule has 100 valence electrons. The van der Waals surface area contributed by atoms with Gasteiger partial charge in [0.2, 0.25) is 0 Å². The van der Waals surface area contributed by atoms with Crippen molar-refractivity contribution >= 4 is 27.7 Å². The molecule has 3 heteroatoms. The number of hydrogen-bond acceptors (Lipinski definition) is 2. The maximum Gasteiger partial charge on any atom is 0.0300 e. The molecule has 1 atom stereocenters. The molecular weight excluding hydrogens is 306 g/mol. The monoisotopic (exact) mass is 327 g/mol. The molecule has 0 aromatic heterocycles. The van der Waals surface area contributed by atoms with E-state index in [1.807, 2.05) is 18.8 Å². The zero-order valence-electron chi connectivity index (χ0n) is 11.2. The molecule has 1 aromatic rings. The summed E-state index contributed by atoms with van der Waals surface area (Å²) in [5, 5.41) is 3.34. The van der Waals surface area contributed by atoms with Gasteiger partial charge in [0.1, 0.15) is 0 Å². The van der Waals surface area contributed by atoms with Crippen LogP contribution in [0.2, 0.25) is 0 Å². The van der Waals surface area contributed by atoms with Crippen molar-refractivity contribution in [3.63, 3.8) is 0 Å². The first kappa shape index (κ1) is 14.4. The standard InChI is InChI=1S/C15H22BrNS/c1-11(17-2)14-9-13(16)7-8-15(14)18-10-12-5-3-4-6-12/h7-9,11-12,17H,3-6,10H2,1-2H3. The van der Waals surface area contributed by atoms with Crippen molar-refractivity contribution in [1.29, 1.82) is 0 Å². The van der Waals surface area contributed by atoms with Gasteiger partial charge in [0.25, 0.3) is 0 Å². The second kappa shape index (κ2) is 6.97. The van der Waals surface area contributed by atoms with Crippen LogP contribution in [0.1, 0.15) is 44.2 Å². The van der Waals surface area contributed by atoms with Crippen LogP contribution in [0.4, 0.5) is 0 Å². The van der Waals surface area contributed by atoms with E-state index in [0.717, 1.165) is 5.92 Å². The first-order valence-corrected chi connectivity index (χ1v) is 8.58. The van der Waals surface area contributed by atoms with Gasteiger partial charge in [-0.1, -0.05) is 28.8 Å². The van der Waals surface area contributed by atoms with Gasteiger partial charge in [0, 0.05) is 21.2 Å². The highest BCUT2D eigenvalue weighted by atomic mass is 79.9. The fraction of sp³-hybridized carbons (Fsp3) is 0.600. The van der Waals surface area contributed by atoms with E-state index in [0.29, 0.717) is 6.04 Å². The number of benzene rings is 1. The summed E-state index contributed by atoms with van der Waals surface area (Å²) < 4.78 is 1.17. The van der Waals surface area contributed by atoms with Crippen LogP contribution in [0.15, 0.2) is 27.6 Å². The molecule has 1 N–H and O–H groups in total. The highest BCUT2D eigenvalue weighted by molar-refractivity contribution is 9.10. The average Bonchev–Trinajstić information content (AvgIpc) is 2.89. The lowest BCUT2D eigenvalue weighted by Gasteiger charge is -2.17. The summed E-state index contributed by atoms with van der Waals surface area (Å²) in [6.07, 6.45) is 5.73. The minimum Gasteiger partial charge on any atom is -0.313 e. The highest BCUT2D eigenvalue weighted by Crippen LogP contribution is 2.35. The number of thioether (sulfide) groups is 1. The van der Waals surface area contributed by atoms with Gasteiger partial charge in [-0.15, -0.1) is 11.8 Å². The predicted octanol–water partition coefficient (Wildman–Crippen LogP) is 5.01. The van der Waals surface area contributed by atoms with Crippen LogP contribution < -0.4 is 5.32 Å². The van der Waals surface area contributed by atoms with Crippen molar-refractivity contribution < 1.29 is 0 Å². The lowest BCUT2D eigenvalue weighted by molar-refractivity contribution is 0.621. The van der Waals surface area contributed by atoms with Gasteiger partial charge in [0.15, 0.2) is 0 Å². The van der Waals surface area contributed by atoms with Crippen LogP contribution >= 0.6 is 27.7 Å². The van der Waals surface area contributed by atoms with Crippen LogP contribution in [-0.2, 0) is 0 Å². The van der Waals surface area contributed by atoms with Crippen molar-refractivity contribution in [2.45, 2.75) is 43.5 Å². The zero-order chi connectivity index (χ0) is 13.0. The molecule has 0 amide bonds. The minimum absolute atomic E-state index is 0.411. The first-order chi connectivity index (χ1) is 8.70. The fourth-order valence-electron chi connectivity index (χ4n) is 2.53. The van der Waals surface area contributed by atoms with Crippen LogP contribution in [0.3, 0.4) is 0 Å². The molecule has 1 aromatic carbocycles. The Morgan fingerprint density at radius 2 is 2.11 bits per heavy atom. The smallest absolute Gasteiger partial charge is 0.0300 e. The van der Waals surface area contributed by atoms with Crippen molar-refractivity contribution in [3.05, 3.63) is 28.2 Å². The maximum absolute atomic E-state index is 3.57. The molecule has 1 aliphatic carbocycles. The molecule has 1 nitrogen and oxygen atoms in total. The molecule has 1 unspecified atom stereocenters. The molecule has 1 fully saturated rings. The summed E-state index contributed by atoms with van der Waals surface area (Å²) in [7, 11) is 2.02. The number of rotatable bonds is 5. The Morgan fingerprint density at radius 1 is 1.39 bits per heavy atom. The van der Waals surface area contributed by atoms with E-state index < -0.39 is 0 Å². The van der Waals surface area contributed by atoms with Crippen LogP contribution in [0.25, 0.3) is 0 Å². The van der Waals surface area contributed by atoms with E-state index in [1.54, 1.807) is 0 Å². The molecule has 2 rings (SSSR count). The summed E-state index contributed by atoms with van der Waals surface area (Å²) in [5.74, 6) is 2.22. The molecule has 18 heavy (non-hydrogen) atoms. The summed E-state index contributed by atoms with van der Waals surface area (Å²) in [6.45, 7) is 2.22. The Hall–Kier alpha value is 0.01000. The maximum atomic E-state index is 3.57. The van der Waals surface area contributed by atoms with Gasteiger partial charge in [-0.3, -0.25) is 0 Å². The molecule has 1 saturated carbocycles. The van der Waals surface area contributed by atoms with E-state index >= 15 is 0 Å². The van der Waals surface area contributed by atoms with Gasteiger partial charge in [-0.2, -0.15) is 0 Å². The largest absolute Gasteiger partial charge is 0.313 e. The molecule has 0 spiro atoms. The van der Waals surface area contributed by atoms with Crippen LogP contribution in [0, 0.1) is 5.92 Å². The Balaban J connectivity index is 2.05. The van der Waals surface area contributed by atoms with E-state index in [1.165, 1.54) is 46.4 Å². The summed E-state index contributed by atoms with van der Waals surface area (Å²) in [6, 6.07) is 7.07. The Labute approximate surface area is 123 Å². The second-order valence-electron chi connectivity index (χ2n) is 5.15. The zero-order valence-corrected chi connectivity index (χ0v) is 13.6. The van der Waals surface area contributed by atoms with Gasteiger partial charge in [0.05, 0.1) is 0 Å². The third-order valence-corrected chi connectivity index (χ3v) is 5.63. The topological polar surface area (TPSA) is 12.0 Å². The summed E-state index contributed by atoms with van der Waals surface area (Å²) in [5.41, 5.74) is 1.41. The van der Waals surface area contributed by atoms with E-state index in [4.69, 9.17) is 0 Å². The fourth-order valence-corrected chi connectivity index (χ4v) is 4.22. The lowest BCUT2D eigenvalue weighted by atomic mass is 10.1. The first-order valence-electron chi connectivity index (χ1n) is 6.80. The van der Waals surface area contributed by atoms with Gasteiger partial charge < -0.3 is 5.32 Å². The highest BCUT2D eigenvalue weighted by Gasteiger charge is 2.17. The molecule has 0 bridgehead atoms. The Morgan fingerprint density at radius 3 is 2.78 bits per heavy atom. The molecule has 1 aliphatic rings. The van der Waals surface area contributed by atoms with E-state index in [-0.39, 0.29) is 0 Å². The molecule has 0 heterocycles. The van der Waals surface area contributed by atoms with E-state index in [2.05, 4.69) is 46.4 Å². The summed E-state index contributed by atoms with van der Waals surface area (Å²) in [4.78, 5) is 1.44. The molecule has 0 saturated heterocycles. The van der Waals surface area contributed by atoms with Crippen molar-refractivity contribution in [3.8, 4) is 0 Å². The lowest BCUT2D eigenvalue weighted by Crippen LogP contribution is -2.13. The molecule has 0 aliphatic heterocycles. The number of halogens is 1. The number of nitrogens with one attached hydrogen (secondary N) is 1. The van der Waals surface area contributed by atoms with Crippen molar-refractivity contribution in [2.75, 3.05) is 12.8 Å². The average molecular weight is 328 g/mol. The summed E-state index contributed by atoms with van der Waals surface area (Å²) >= 11 is 5.61. The minimum atomic E-state index is 0.411. The van der Waals surface area contributed by atoms with Gasteiger partial charge in [-0.25, -0.2) is 0 Å². The second-order valence-corrected chi connectivity index (χ2v) is 7.13. The third kappa shape index (κ3) is 3.75. The molecule has 0 radical (unpaired) electrons. The Bertz CT molecular complexity index is 388. The van der Waals surface area contributed by atoms with Crippen LogP contribution in [-0.4, -0.2) is 12.8 Å². The quantitative estimate of drug-likeness (QED) is 0.763. The van der Waals surface area contributed by atoms with E-state index in [9.17, 15) is 0 Å². The third-order valence-electron chi connectivity index (χ3n) is 3.82. The predicted molar refractivity (Wildman–Crippen MR) is 84.3 cm³/mol. The SMILES string of the molecule is CNC(C)c1cc(Br)ccc1SCC1CCCC1. The van der Waals surface area contributed by atoms with Gasteiger partial charge in [-0.05, 0) is 56.5 Å². The van der Waals surface area contributed by atoms with Crippen molar-refractivity contribution in [1.82, 2.24) is 5.32 Å². The number of hydrogen-bond donors (Lipinski definition) is 1. The van der Waals surface area contributed by atoms with Crippen LogP contribution in [0.5, 0.6) is 0 Å². The van der Waals surface area contributed by atoms with Gasteiger partial charge >= 0.3 is 0 Å². The van der Waals surface area contributed by atoms with Crippen molar-refractivity contribution in [2.24, 2.45) is 5.92 Å².